The fourth-order valence-electron chi connectivity index (χ4n) is 4.13. The predicted octanol–water partition coefficient (Wildman–Crippen LogP) is 3.17. The molecule has 9 heteroatoms. The van der Waals surface area contributed by atoms with Gasteiger partial charge in [0.25, 0.3) is 17.7 Å². The van der Waals surface area contributed by atoms with Crippen molar-refractivity contribution in [2.24, 2.45) is 0 Å². The molecule has 2 aromatic rings. The lowest BCUT2D eigenvalue weighted by atomic mass is 9.96. The van der Waals surface area contributed by atoms with Gasteiger partial charge in [-0.3, -0.25) is 19.2 Å². The largest absolute Gasteiger partial charge is 0.533 e. The van der Waals surface area contributed by atoms with Crippen molar-refractivity contribution in [3.63, 3.8) is 0 Å². The molecule has 0 bridgehead atoms. The first kappa shape index (κ1) is 23.4. The van der Waals surface area contributed by atoms with Crippen molar-refractivity contribution in [2.45, 2.75) is 32.1 Å². The molecule has 0 saturated carbocycles. The number of nitrogens with zero attached hydrogens (tertiary/aromatic N) is 1. The van der Waals surface area contributed by atoms with Crippen molar-refractivity contribution in [1.82, 2.24) is 10.4 Å². The highest BCUT2D eigenvalue weighted by Gasteiger charge is 2.35. The van der Waals surface area contributed by atoms with Crippen molar-refractivity contribution in [3.8, 4) is 11.1 Å². The smallest absolute Gasteiger partial charge is 0.432 e. The highest BCUT2D eigenvalue weighted by atomic mass is 16.8. The van der Waals surface area contributed by atoms with Gasteiger partial charge in [-0.1, -0.05) is 42.3 Å². The number of carbonyl (C=O) groups is 4. The number of rotatable bonds is 9. The van der Waals surface area contributed by atoms with E-state index in [0.29, 0.717) is 30.4 Å². The molecule has 178 valence electrons. The Morgan fingerprint density at radius 2 is 1.74 bits per heavy atom. The highest BCUT2D eigenvalue weighted by molar-refractivity contribution is 6.01. The number of hydroxylamine groups is 2. The molecular weight excluding hydrogens is 440 g/mol. The van der Waals surface area contributed by atoms with E-state index in [-0.39, 0.29) is 31.3 Å². The topological polar surface area (TPSA) is 111 Å². The SMILES string of the molecule is CCCOCCNC(=O)c1ccc2c(c1)C(COC(=O)ON1C(=O)CCC1=O)c1ccccc1-2. The molecule has 3 amide bonds. The van der Waals surface area contributed by atoms with E-state index in [4.69, 9.17) is 14.3 Å². The third kappa shape index (κ3) is 4.94. The minimum Gasteiger partial charge on any atom is -0.432 e. The molecule has 1 N–H and O–H groups in total. The van der Waals surface area contributed by atoms with Gasteiger partial charge in [-0.25, -0.2) is 4.79 Å². The number of carbonyl (C=O) groups excluding carboxylic acids is 4. The zero-order valence-corrected chi connectivity index (χ0v) is 18.9. The van der Waals surface area contributed by atoms with E-state index in [1.165, 1.54) is 0 Å². The number of imide groups is 1. The van der Waals surface area contributed by atoms with E-state index in [1.54, 1.807) is 12.1 Å². The van der Waals surface area contributed by atoms with Gasteiger partial charge in [-0.2, -0.15) is 0 Å². The summed E-state index contributed by atoms with van der Waals surface area (Å²) in [5.74, 6) is -1.70. The number of hydrogen-bond acceptors (Lipinski definition) is 7. The molecule has 2 aliphatic rings. The van der Waals surface area contributed by atoms with Gasteiger partial charge < -0.3 is 14.8 Å². The zero-order chi connectivity index (χ0) is 24.1. The van der Waals surface area contributed by atoms with Crippen molar-refractivity contribution < 1.29 is 33.5 Å². The Morgan fingerprint density at radius 1 is 1.00 bits per heavy atom. The third-order valence-electron chi connectivity index (χ3n) is 5.74. The second-order valence-electron chi connectivity index (χ2n) is 8.04. The number of hydrogen-bond donors (Lipinski definition) is 1. The summed E-state index contributed by atoms with van der Waals surface area (Å²) >= 11 is 0. The summed E-state index contributed by atoms with van der Waals surface area (Å²) in [5, 5.41) is 3.30. The maximum atomic E-state index is 12.6. The first-order valence-electron chi connectivity index (χ1n) is 11.3. The van der Waals surface area contributed by atoms with Crippen LogP contribution in [0.15, 0.2) is 42.5 Å². The molecular formula is C25H26N2O7. The Kier molecular flexibility index (Phi) is 7.22. The molecule has 1 fully saturated rings. The lowest BCUT2D eigenvalue weighted by Gasteiger charge is -2.16. The Hall–Kier alpha value is -3.72. The Balaban J connectivity index is 1.46. The van der Waals surface area contributed by atoms with Crippen molar-refractivity contribution >= 4 is 23.9 Å². The molecule has 1 aliphatic carbocycles. The number of benzene rings is 2. The summed E-state index contributed by atoms with van der Waals surface area (Å²) in [5.41, 5.74) is 4.22. The van der Waals surface area contributed by atoms with Gasteiger partial charge in [0.05, 0.1) is 6.61 Å². The van der Waals surface area contributed by atoms with Gasteiger partial charge in [-0.05, 0) is 40.8 Å². The summed E-state index contributed by atoms with van der Waals surface area (Å²) in [6.45, 7) is 3.44. The second-order valence-corrected chi connectivity index (χ2v) is 8.04. The van der Waals surface area contributed by atoms with Crippen LogP contribution in [0.4, 0.5) is 4.79 Å². The van der Waals surface area contributed by atoms with Gasteiger partial charge in [0, 0.05) is 37.5 Å². The van der Waals surface area contributed by atoms with E-state index < -0.39 is 18.0 Å². The molecule has 1 atom stereocenters. The van der Waals surface area contributed by atoms with E-state index in [9.17, 15) is 19.2 Å². The monoisotopic (exact) mass is 466 g/mol. The van der Waals surface area contributed by atoms with Crippen LogP contribution in [0.1, 0.15) is 53.6 Å². The molecule has 1 aliphatic heterocycles. The number of ether oxygens (including phenoxy) is 2. The number of fused-ring (bicyclic) bond motifs is 3. The van der Waals surface area contributed by atoms with E-state index in [0.717, 1.165) is 28.7 Å². The fourth-order valence-corrected chi connectivity index (χ4v) is 4.13. The van der Waals surface area contributed by atoms with E-state index in [1.807, 2.05) is 37.3 Å². The first-order chi connectivity index (χ1) is 16.5. The Labute approximate surface area is 196 Å². The maximum absolute atomic E-state index is 12.6. The average Bonchev–Trinajstić information content (AvgIpc) is 3.33. The normalized spacial score (nSPS) is 16.3. The lowest BCUT2D eigenvalue weighted by molar-refractivity contribution is -0.177. The molecule has 1 saturated heterocycles. The second kappa shape index (κ2) is 10.5. The van der Waals surface area contributed by atoms with Crippen LogP contribution >= 0.6 is 0 Å². The van der Waals surface area contributed by atoms with Crippen LogP contribution in [0.2, 0.25) is 0 Å². The Bertz CT molecular complexity index is 1100. The van der Waals surface area contributed by atoms with Crippen LogP contribution in [-0.2, 0) is 23.9 Å². The summed E-state index contributed by atoms with van der Waals surface area (Å²) in [6, 6.07) is 13.2. The van der Waals surface area contributed by atoms with E-state index in [2.05, 4.69) is 5.32 Å². The molecule has 0 aromatic heterocycles. The maximum Gasteiger partial charge on any atom is 0.533 e. The number of amides is 3. The molecule has 0 spiro atoms. The average molecular weight is 466 g/mol. The molecule has 1 heterocycles. The predicted molar refractivity (Wildman–Crippen MR) is 121 cm³/mol. The fraction of sp³-hybridized carbons (Fsp3) is 0.360. The zero-order valence-electron chi connectivity index (χ0n) is 18.9. The summed E-state index contributed by atoms with van der Waals surface area (Å²) in [6.07, 6.45) is -0.201. The van der Waals surface area contributed by atoms with Crippen LogP contribution in [0.5, 0.6) is 0 Å². The van der Waals surface area contributed by atoms with Crippen molar-refractivity contribution in [3.05, 3.63) is 59.2 Å². The van der Waals surface area contributed by atoms with Gasteiger partial charge >= 0.3 is 6.16 Å². The van der Waals surface area contributed by atoms with Crippen LogP contribution in [0.3, 0.4) is 0 Å². The summed E-state index contributed by atoms with van der Waals surface area (Å²) in [7, 11) is 0. The quantitative estimate of drug-likeness (QED) is 0.343. The van der Waals surface area contributed by atoms with Gasteiger partial charge in [0.1, 0.15) is 6.61 Å². The Morgan fingerprint density at radius 3 is 2.50 bits per heavy atom. The minimum atomic E-state index is -1.13. The van der Waals surface area contributed by atoms with Crippen LogP contribution in [0.25, 0.3) is 11.1 Å². The third-order valence-corrected chi connectivity index (χ3v) is 5.74. The molecule has 2 aromatic carbocycles. The van der Waals surface area contributed by atoms with Gasteiger partial charge in [0.15, 0.2) is 0 Å². The van der Waals surface area contributed by atoms with Crippen molar-refractivity contribution in [2.75, 3.05) is 26.4 Å². The van der Waals surface area contributed by atoms with E-state index >= 15 is 0 Å². The summed E-state index contributed by atoms with van der Waals surface area (Å²) < 4.78 is 10.7. The van der Waals surface area contributed by atoms with Crippen molar-refractivity contribution in [1.29, 1.82) is 0 Å². The molecule has 9 nitrogen and oxygen atoms in total. The number of nitrogens with one attached hydrogen (secondary N) is 1. The van der Waals surface area contributed by atoms with Crippen LogP contribution in [-0.4, -0.2) is 55.3 Å². The molecule has 34 heavy (non-hydrogen) atoms. The molecule has 0 radical (unpaired) electrons. The molecule has 1 unspecified atom stereocenters. The highest BCUT2D eigenvalue weighted by Crippen LogP contribution is 2.45. The van der Waals surface area contributed by atoms with Crippen LogP contribution < -0.4 is 5.32 Å². The van der Waals surface area contributed by atoms with Crippen LogP contribution in [0, 0.1) is 0 Å². The van der Waals surface area contributed by atoms with Gasteiger partial charge in [-0.15, -0.1) is 0 Å². The first-order valence-corrected chi connectivity index (χ1v) is 11.3. The standard InChI is InChI=1S/C25H26N2O7/c1-2-12-32-13-11-26-24(30)16-7-8-19-17-5-3-4-6-18(17)21(20(19)14-16)15-33-25(31)34-27-22(28)9-10-23(27)29/h3-8,14,21H,2,9-13,15H2,1H3,(H,26,30). The lowest BCUT2D eigenvalue weighted by Crippen LogP contribution is -2.32. The van der Waals surface area contributed by atoms with Gasteiger partial charge in [0.2, 0.25) is 0 Å². The summed E-state index contributed by atoms with van der Waals surface area (Å²) in [4.78, 5) is 52.9. The minimum absolute atomic E-state index is 0.00502. The molecule has 4 rings (SSSR count).